The Hall–Kier alpha value is -1.83. The van der Waals surface area contributed by atoms with Crippen molar-refractivity contribution in [2.24, 2.45) is 0 Å². The van der Waals surface area contributed by atoms with Gasteiger partial charge in [0.05, 0.1) is 0 Å². The first-order valence-electron chi connectivity index (χ1n) is 7.75. The standard InChI is InChI=1S/C17H18BrNO5/c18-12-4-3-5-13(10-12)22-11-14-7-8-15(23-14)17(20)19-24-16-6-1-2-9-21-16/h3-5,7-8,10,16H,1-2,6,9,11H2,(H,19,20). The van der Waals surface area contributed by atoms with Crippen LogP contribution in [0.5, 0.6) is 5.75 Å². The second-order valence-corrected chi connectivity index (χ2v) is 6.27. The van der Waals surface area contributed by atoms with Crippen LogP contribution < -0.4 is 10.2 Å². The van der Waals surface area contributed by atoms with Gasteiger partial charge in [-0.2, -0.15) is 0 Å². The number of benzene rings is 1. The SMILES string of the molecule is O=C(NOC1CCCCO1)c1ccc(COc2cccc(Br)c2)o1. The van der Waals surface area contributed by atoms with Crippen LogP contribution >= 0.6 is 15.9 Å². The number of nitrogens with one attached hydrogen (secondary N) is 1. The molecule has 128 valence electrons. The smallest absolute Gasteiger partial charge is 0.310 e. The Labute approximate surface area is 148 Å². The highest BCUT2D eigenvalue weighted by molar-refractivity contribution is 9.10. The van der Waals surface area contributed by atoms with Gasteiger partial charge in [-0.1, -0.05) is 22.0 Å². The van der Waals surface area contributed by atoms with E-state index in [2.05, 4.69) is 21.4 Å². The quantitative estimate of drug-likeness (QED) is 0.753. The van der Waals surface area contributed by atoms with Crippen molar-refractivity contribution in [1.82, 2.24) is 5.48 Å². The summed E-state index contributed by atoms with van der Waals surface area (Å²) in [5.41, 5.74) is 2.36. The topological polar surface area (TPSA) is 69.9 Å². The molecule has 1 fully saturated rings. The first-order valence-corrected chi connectivity index (χ1v) is 8.55. The Morgan fingerprint density at radius 2 is 2.21 bits per heavy atom. The maximum absolute atomic E-state index is 12.0. The first-order chi connectivity index (χ1) is 11.7. The van der Waals surface area contributed by atoms with Crippen LogP contribution in [0.2, 0.25) is 0 Å². The number of hydroxylamine groups is 1. The highest BCUT2D eigenvalue weighted by Crippen LogP contribution is 2.19. The minimum Gasteiger partial charge on any atom is -0.486 e. The molecule has 0 aliphatic carbocycles. The highest BCUT2D eigenvalue weighted by atomic mass is 79.9. The van der Waals surface area contributed by atoms with Crippen molar-refractivity contribution >= 4 is 21.8 Å². The summed E-state index contributed by atoms with van der Waals surface area (Å²) in [5, 5.41) is 0. The van der Waals surface area contributed by atoms with Gasteiger partial charge in [0.25, 0.3) is 0 Å². The number of carbonyl (C=O) groups excluding carboxylic acids is 1. The van der Waals surface area contributed by atoms with E-state index in [-0.39, 0.29) is 12.4 Å². The van der Waals surface area contributed by atoms with Gasteiger partial charge in [0, 0.05) is 17.5 Å². The summed E-state index contributed by atoms with van der Waals surface area (Å²) in [6.07, 6.45) is 2.42. The summed E-state index contributed by atoms with van der Waals surface area (Å²) in [7, 11) is 0. The number of amides is 1. The molecule has 1 aromatic carbocycles. The summed E-state index contributed by atoms with van der Waals surface area (Å²) >= 11 is 3.38. The lowest BCUT2D eigenvalue weighted by Crippen LogP contribution is -2.32. The Bertz CT molecular complexity index is 681. The van der Waals surface area contributed by atoms with Gasteiger partial charge in [0.15, 0.2) is 12.1 Å². The molecule has 24 heavy (non-hydrogen) atoms. The molecule has 7 heteroatoms. The molecule has 6 nitrogen and oxygen atoms in total. The first kappa shape index (κ1) is 17.0. The molecule has 0 spiro atoms. The summed E-state index contributed by atoms with van der Waals surface area (Å²) in [6.45, 7) is 0.884. The van der Waals surface area contributed by atoms with Gasteiger partial charge < -0.3 is 13.9 Å². The van der Waals surface area contributed by atoms with Crippen molar-refractivity contribution in [2.45, 2.75) is 32.2 Å². The fourth-order valence-electron chi connectivity index (χ4n) is 2.26. The molecule has 1 aliphatic rings. The van der Waals surface area contributed by atoms with Gasteiger partial charge in [-0.15, -0.1) is 0 Å². The number of hydrogen-bond donors (Lipinski definition) is 1. The van der Waals surface area contributed by atoms with E-state index in [0.29, 0.717) is 18.1 Å². The monoisotopic (exact) mass is 395 g/mol. The molecule has 1 aliphatic heterocycles. The number of halogens is 1. The van der Waals surface area contributed by atoms with Crippen LogP contribution in [0.25, 0.3) is 0 Å². The van der Waals surface area contributed by atoms with E-state index in [1.165, 1.54) is 0 Å². The van der Waals surface area contributed by atoms with Crippen molar-refractivity contribution in [2.75, 3.05) is 6.61 Å². The molecule has 0 bridgehead atoms. The van der Waals surface area contributed by atoms with Crippen molar-refractivity contribution in [3.63, 3.8) is 0 Å². The van der Waals surface area contributed by atoms with Gasteiger partial charge in [0.1, 0.15) is 18.1 Å². The zero-order valence-corrected chi connectivity index (χ0v) is 14.6. The predicted octanol–water partition coefficient (Wildman–Crippen LogP) is 3.81. The minimum atomic E-state index is -0.446. The number of carbonyl (C=O) groups is 1. The van der Waals surface area contributed by atoms with Crippen molar-refractivity contribution < 1.29 is 23.5 Å². The van der Waals surface area contributed by atoms with Gasteiger partial charge in [-0.05, 0) is 43.2 Å². The van der Waals surface area contributed by atoms with Crippen molar-refractivity contribution in [1.29, 1.82) is 0 Å². The number of hydrogen-bond acceptors (Lipinski definition) is 5. The fraction of sp³-hybridized carbons (Fsp3) is 0.353. The lowest BCUT2D eigenvalue weighted by molar-refractivity contribution is -0.187. The molecule has 1 amide bonds. The van der Waals surface area contributed by atoms with E-state index in [4.69, 9.17) is 18.7 Å². The molecule has 1 N–H and O–H groups in total. The molecule has 3 rings (SSSR count). The number of ether oxygens (including phenoxy) is 2. The largest absolute Gasteiger partial charge is 0.486 e. The van der Waals surface area contributed by atoms with E-state index in [1.807, 2.05) is 24.3 Å². The van der Waals surface area contributed by atoms with Gasteiger partial charge in [-0.3, -0.25) is 4.79 Å². The molecule has 1 saturated heterocycles. The average molecular weight is 396 g/mol. The zero-order chi connectivity index (χ0) is 16.8. The van der Waals surface area contributed by atoms with Crippen LogP contribution in [0, 0.1) is 0 Å². The average Bonchev–Trinajstić information content (AvgIpc) is 3.08. The second kappa shape index (κ2) is 8.32. The predicted molar refractivity (Wildman–Crippen MR) is 89.3 cm³/mol. The Balaban J connectivity index is 1.48. The van der Waals surface area contributed by atoms with Crippen LogP contribution in [0.4, 0.5) is 0 Å². The Morgan fingerprint density at radius 1 is 1.29 bits per heavy atom. The minimum absolute atomic E-state index is 0.165. The van der Waals surface area contributed by atoms with E-state index in [9.17, 15) is 4.79 Å². The molecule has 2 heterocycles. The van der Waals surface area contributed by atoms with E-state index in [1.54, 1.807) is 12.1 Å². The fourth-order valence-corrected chi connectivity index (χ4v) is 2.64. The molecular weight excluding hydrogens is 378 g/mol. The summed E-state index contributed by atoms with van der Waals surface area (Å²) < 4.78 is 17.4. The van der Waals surface area contributed by atoms with Crippen molar-refractivity contribution in [3.05, 3.63) is 52.4 Å². The molecule has 1 unspecified atom stereocenters. The Morgan fingerprint density at radius 3 is 3.00 bits per heavy atom. The lowest BCUT2D eigenvalue weighted by Gasteiger charge is -2.21. The number of furan rings is 1. The third-order valence-electron chi connectivity index (χ3n) is 3.48. The van der Waals surface area contributed by atoms with Crippen LogP contribution in [0.3, 0.4) is 0 Å². The van der Waals surface area contributed by atoms with Gasteiger partial charge in [-0.25, -0.2) is 10.3 Å². The molecule has 2 aromatic rings. The van der Waals surface area contributed by atoms with Gasteiger partial charge >= 0.3 is 5.91 Å². The van der Waals surface area contributed by atoms with Crippen LogP contribution in [0.15, 0.2) is 45.3 Å². The van der Waals surface area contributed by atoms with E-state index in [0.717, 1.165) is 23.7 Å². The van der Waals surface area contributed by atoms with Gasteiger partial charge in [0.2, 0.25) is 0 Å². The van der Waals surface area contributed by atoms with E-state index >= 15 is 0 Å². The Kier molecular flexibility index (Phi) is 5.90. The maximum Gasteiger partial charge on any atom is 0.310 e. The summed E-state index contributed by atoms with van der Waals surface area (Å²) in [4.78, 5) is 17.2. The number of rotatable bonds is 6. The zero-order valence-electron chi connectivity index (χ0n) is 13.0. The summed E-state index contributed by atoms with van der Waals surface area (Å²) in [6, 6.07) is 10.8. The van der Waals surface area contributed by atoms with Crippen LogP contribution in [-0.2, 0) is 16.2 Å². The van der Waals surface area contributed by atoms with Crippen LogP contribution in [0.1, 0.15) is 35.6 Å². The van der Waals surface area contributed by atoms with Crippen molar-refractivity contribution in [3.8, 4) is 5.75 Å². The highest BCUT2D eigenvalue weighted by Gasteiger charge is 2.18. The molecule has 1 atom stereocenters. The molecule has 0 radical (unpaired) electrons. The molecule has 0 saturated carbocycles. The summed E-state index contributed by atoms with van der Waals surface area (Å²) in [5.74, 6) is 0.982. The molecular formula is C17H18BrNO5. The normalized spacial score (nSPS) is 17.5. The maximum atomic E-state index is 12.0. The van der Waals surface area contributed by atoms with E-state index < -0.39 is 12.2 Å². The lowest BCUT2D eigenvalue weighted by atomic mass is 10.2. The third-order valence-corrected chi connectivity index (χ3v) is 3.98. The molecule has 1 aromatic heterocycles. The third kappa shape index (κ3) is 4.83. The van der Waals surface area contributed by atoms with Crippen LogP contribution in [-0.4, -0.2) is 18.8 Å². The second-order valence-electron chi connectivity index (χ2n) is 5.36.